The van der Waals surface area contributed by atoms with E-state index in [9.17, 15) is 0 Å². The van der Waals surface area contributed by atoms with Crippen LogP contribution < -0.4 is 0 Å². The molecule has 1 unspecified atom stereocenters. The summed E-state index contributed by atoms with van der Waals surface area (Å²) >= 11 is 3.46. The number of hydrogen-bond acceptors (Lipinski definition) is 0. The van der Waals surface area contributed by atoms with Crippen LogP contribution in [0.2, 0.25) is 0 Å². The summed E-state index contributed by atoms with van der Waals surface area (Å²) in [5, 5.41) is 0. The second kappa shape index (κ2) is 3.77. The molecule has 0 fully saturated rings. The fraction of sp³-hybridized carbons (Fsp3) is 0.222. The normalized spacial score (nSPS) is 13.0. The van der Waals surface area contributed by atoms with Gasteiger partial charge in [-0.25, -0.2) is 0 Å². The van der Waals surface area contributed by atoms with Gasteiger partial charge >= 0.3 is 0 Å². The Labute approximate surface area is 70.4 Å². The van der Waals surface area contributed by atoms with Crippen LogP contribution in [-0.4, -0.2) is 4.83 Å². The second-order valence-electron chi connectivity index (χ2n) is 2.25. The third kappa shape index (κ3) is 2.53. The van der Waals surface area contributed by atoms with Gasteiger partial charge in [-0.05, 0) is 5.56 Å². The Morgan fingerprint density at radius 3 is 2.40 bits per heavy atom. The zero-order valence-electron chi connectivity index (χ0n) is 5.92. The van der Waals surface area contributed by atoms with E-state index in [1.54, 1.807) is 0 Å². The maximum Gasteiger partial charge on any atom is 0.0192 e. The molecule has 0 N–H and O–H groups in total. The van der Waals surface area contributed by atoms with Gasteiger partial charge in [-0.2, -0.15) is 0 Å². The molecule has 0 aliphatic heterocycles. The maximum atomic E-state index is 3.46. The van der Waals surface area contributed by atoms with E-state index in [0.29, 0.717) is 4.83 Å². The fourth-order valence-electron chi connectivity index (χ4n) is 0.829. The standard InChI is InChI=1S/C9H10Br/c1-8(10)7-9-5-3-2-4-6-9/h2-8H,1H3. The molecule has 0 spiro atoms. The van der Waals surface area contributed by atoms with Gasteiger partial charge in [-0.1, -0.05) is 53.2 Å². The van der Waals surface area contributed by atoms with E-state index >= 15 is 0 Å². The number of rotatable bonds is 2. The van der Waals surface area contributed by atoms with E-state index in [1.165, 1.54) is 5.56 Å². The lowest BCUT2D eigenvalue weighted by Gasteiger charge is -2.00. The van der Waals surface area contributed by atoms with Crippen molar-refractivity contribution in [1.82, 2.24) is 0 Å². The van der Waals surface area contributed by atoms with Crippen LogP contribution in [0.1, 0.15) is 12.5 Å². The van der Waals surface area contributed by atoms with Crippen molar-refractivity contribution < 1.29 is 0 Å². The molecule has 0 nitrogen and oxygen atoms in total. The molecule has 1 heteroatoms. The van der Waals surface area contributed by atoms with Gasteiger partial charge in [-0.15, -0.1) is 0 Å². The van der Waals surface area contributed by atoms with Crippen LogP contribution in [0.25, 0.3) is 0 Å². The average Bonchev–Trinajstić information content (AvgIpc) is 1.88. The van der Waals surface area contributed by atoms with E-state index < -0.39 is 0 Å². The first-order valence-electron chi connectivity index (χ1n) is 3.33. The Kier molecular flexibility index (Phi) is 2.94. The fourth-order valence-corrected chi connectivity index (χ4v) is 1.13. The molecule has 0 saturated carbocycles. The van der Waals surface area contributed by atoms with Crippen LogP contribution in [0.4, 0.5) is 0 Å². The van der Waals surface area contributed by atoms with E-state index in [-0.39, 0.29) is 0 Å². The Morgan fingerprint density at radius 2 is 1.90 bits per heavy atom. The van der Waals surface area contributed by atoms with Crippen molar-refractivity contribution >= 4 is 15.9 Å². The van der Waals surface area contributed by atoms with Crippen molar-refractivity contribution in [2.75, 3.05) is 0 Å². The van der Waals surface area contributed by atoms with E-state index in [2.05, 4.69) is 41.4 Å². The lowest BCUT2D eigenvalue weighted by molar-refractivity contribution is 1.17. The highest BCUT2D eigenvalue weighted by Gasteiger charge is 1.96. The quantitative estimate of drug-likeness (QED) is 0.640. The lowest BCUT2D eigenvalue weighted by Crippen LogP contribution is -1.91. The minimum absolute atomic E-state index is 0.454. The predicted molar refractivity (Wildman–Crippen MR) is 48.2 cm³/mol. The van der Waals surface area contributed by atoms with Gasteiger partial charge in [0.2, 0.25) is 0 Å². The third-order valence-electron chi connectivity index (χ3n) is 1.22. The summed E-state index contributed by atoms with van der Waals surface area (Å²) in [6.07, 6.45) is 2.17. The summed E-state index contributed by atoms with van der Waals surface area (Å²) in [4.78, 5) is 0.454. The number of halogens is 1. The third-order valence-corrected chi connectivity index (χ3v) is 1.49. The summed E-state index contributed by atoms with van der Waals surface area (Å²) in [7, 11) is 0. The summed E-state index contributed by atoms with van der Waals surface area (Å²) in [5.41, 5.74) is 1.27. The molecule has 0 aliphatic rings. The molecule has 0 aromatic heterocycles. The predicted octanol–water partition coefficient (Wildman–Crippen LogP) is 3.02. The van der Waals surface area contributed by atoms with Crippen molar-refractivity contribution in [3.63, 3.8) is 0 Å². The van der Waals surface area contributed by atoms with Crippen LogP contribution in [-0.2, 0) is 0 Å². The van der Waals surface area contributed by atoms with Crippen molar-refractivity contribution in [2.45, 2.75) is 11.8 Å². The molecule has 1 aromatic carbocycles. The van der Waals surface area contributed by atoms with Crippen molar-refractivity contribution in [1.29, 1.82) is 0 Å². The topological polar surface area (TPSA) is 0 Å². The molecule has 1 atom stereocenters. The molecule has 0 aliphatic carbocycles. The van der Waals surface area contributed by atoms with Crippen LogP contribution >= 0.6 is 15.9 Å². The monoisotopic (exact) mass is 197 g/mol. The molecule has 53 valence electrons. The molecule has 1 aromatic rings. The second-order valence-corrected chi connectivity index (χ2v) is 3.70. The van der Waals surface area contributed by atoms with Crippen LogP contribution in [0, 0.1) is 6.42 Å². The summed E-state index contributed by atoms with van der Waals surface area (Å²) in [6, 6.07) is 10.3. The molecular weight excluding hydrogens is 188 g/mol. The van der Waals surface area contributed by atoms with E-state index in [1.807, 2.05) is 18.2 Å². The number of alkyl halides is 1. The number of hydrogen-bond donors (Lipinski definition) is 0. The van der Waals surface area contributed by atoms with Crippen LogP contribution in [0.15, 0.2) is 30.3 Å². The Balaban J connectivity index is 2.59. The van der Waals surface area contributed by atoms with E-state index in [4.69, 9.17) is 0 Å². The zero-order valence-corrected chi connectivity index (χ0v) is 7.51. The van der Waals surface area contributed by atoms with E-state index in [0.717, 1.165) is 0 Å². The molecular formula is C9H10Br. The highest BCUT2D eigenvalue weighted by atomic mass is 79.9. The van der Waals surface area contributed by atoms with Crippen molar-refractivity contribution in [3.8, 4) is 0 Å². The van der Waals surface area contributed by atoms with Gasteiger partial charge in [0, 0.05) is 11.2 Å². The number of benzene rings is 1. The minimum Gasteiger partial charge on any atom is -0.0887 e. The molecule has 0 bridgehead atoms. The first-order chi connectivity index (χ1) is 4.79. The van der Waals surface area contributed by atoms with Crippen molar-refractivity contribution in [3.05, 3.63) is 42.3 Å². The minimum atomic E-state index is 0.454. The van der Waals surface area contributed by atoms with Gasteiger partial charge in [0.05, 0.1) is 0 Å². The smallest absolute Gasteiger partial charge is 0.0192 e. The molecule has 10 heavy (non-hydrogen) atoms. The zero-order chi connectivity index (χ0) is 7.40. The maximum absolute atomic E-state index is 3.46. The molecule has 0 amide bonds. The Bertz CT molecular complexity index is 179. The van der Waals surface area contributed by atoms with Crippen molar-refractivity contribution in [2.24, 2.45) is 0 Å². The first kappa shape index (κ1) is 7.80. The lowest BCUT2D eigenvalue weighted by atomic mass is 10.1. The van der Waals surface area contributed by atoms with Crippen LogP contribution in [0.5, 0.6) is 0 Å². The summed E-state index contributed by atoms with van der Waals surface area (Å²) < 4.78 is 0. The Morgan fingerprint density at radius 1 is 1.30 bits per heavy atom. The molecule has 1 rings (SSSR count). The van der Waals surface area contributed by atoms with Gasteiger partial charge in [0.15, 0.2) is 0 Å². The Hall–Kier alpha value is -0.300. The molecule has 1 radical (unpaired) electrons. The molecule has 0 heterocycles. The summed E-state index contributed by atoms with van der Waals surface area (Å²) in [5.74, 6) is 0. The highest BCUT2D eigenvalue weighted by molar-refractivity contribution is 9.09. The van der Waals surface area contributed by atoms with Gasteiger partial charge in [-0.3, -0.25) is 0 Å². The van der Waals surface area contributed by atoms with Gasteiger partial charge in [0.1, 0.15) is 0 Å². The summed E-state index contributed by atoms with van der Waals surface area (Å²) in [6.45, 7) is 2.10. The SMILES string of the molecule is CC(Br)[CH]c1ccccc1. The van der Waals surface area contributed by atoms with Gasteiger partial charge < -0.3 is 0 Å². The largest absolute Gasteiger partial charge is 0.0887 e. The average molecular weight is 198 g/mol. The highest BCUT2D eigenvalue weighted by Crippen LogP contribution is 2.10. The van der Waals surface area contributed by atoms with Crippen LogP contribution in [0.3, 0.4) is 0 Å². The van der Waals surface area contributed by atoms with Gasteiger partial charge in [0.25, 0.3) is 0 Å². The molecule has 0 saturated heterocycles. The first-order valence-corrected chi connectivity index (χ1v) is 4.24.